The number of carbonyl (C=O) groups excluding carboxylic acids is 4. The van der Waals surface area contributed by atoms with Crippen molar-refractivity contribution in [2.45, 2.75) is 204 Å². The monoisotopic (exact) mass is 1200 g/mol. The molecule has 1 N–H and O–H groups in total. The highest BCUT2D eigenvalue weighted by Gasteiger charge is 2.32. The smallest absolute Gasteiger partial charge is 0.414 e. The van der Waals surface area contributed by atoms with Crippen LogP contribution in [-0.2, 0) is 30.2 Å². The molecule has 2 aromatic heterocycles. The number of esters is 1. The highest BCUT2D eigenvalue weighted by atomic mass is 16.6. The van der Waals surface area contributed by atoms with Crippen LogP contribution in [-0.4, -0.2) is 69.7 Å². The fourth-order valence-electron chi connectivity index (χ4n) is 11.2. The fourth-order valence-corrected chi connectivity index (χ4v) is 11.2. The minimum Gasteiger partial charge on any atom is -0.460 e. The Labute approximate surface area is 520 Å². The van der Waals surface area contributed by atoms with Crippen molar-refractivity contribution in [1.82, 2.24) is 9.97 Å². The third kappa shape index (κ3) is 17.1. The van der Waals surface area contributed by atoms with Gasteiger partial charge in [-0.1, -0.05) is 87.8 Å². The van der Waals surface area contributed by atoms with E-state index in [0.717, 1.165) is 159 Å². The van der Waals surface area contributed by atoms with Crippen molar-refractivity contribution in [2.75, 3.05) is 28.2 Å². The first-order valence-corrected chi connectivity index (χ1v) is 31.4. The molecule has 0 aliphatic heterocycles. The molecule has 2 heterocycles. The van der Waals surface area contributed by atoms with E-state index >= 15 is 0 Å². The van der Waals surface area contributed by atoms with Gasteiger partial charge >= 0.3 is 24.2 Å². The van der Waals surface area contributed by atoms with E-state index in [9.17, 15) is 19.2 Å². The van der Waals surface area contributed by atoms with Gasteiger partial charge in [0.1, 0.15) is 44.5 Å². The zero-order chi connectivity index (χ0) is 63.9. The van der Waals surface area contributed by atoms with Crippen molar-refractivity contribution in [2.24, 2.45) is 0 Å². The highest BCUT2D eigenvalue weighted by Crippen LogP contribution is 2.34. The van der Waals surface area contributed by atoms with Crippen LogP contribution in [0.5, 0.6) is 0 Å². The van der Waals surface area contributed by atoms with Gasteiger partial charge in [0.2, 0.25) is 33.4 Å². The Balaban J connectivity index is 0.922. The average Bonchev–Trinajstić information content (AvgIpc) is 0.785. The van der Waals surface area contributed by atoms with Gasteiger partial charge in [-0.3, -0.25) is 19.9 Å². The highest BCUT2D eigenvalue weighted by molar-refractivity contribution is 5.97. The van der Waals surface area contributed by atoms with Crippen LogP contribution in [0.2, 0.25) is 0 Å². The summed E-state index contributed by atoms with van der Waals surface area (Å²) in [6, 6.07) is 36.3. The number of carbonyl (C=O) groups is 4. The van der Waals surface area contributed by atoms with Crippen LogP contribution in [0.15, 0.2) is 109 Å². The Morgan fingerprint density at radius 3 is 1.39 bits per heavy atom. The number of unbranched alkanes of at least 4 members (excludes halogenated alkanes) is 9. The Morgan fingerprint density at radius 1 is 0.443 bits per heavy atom. The van der Waals surface area contributed by atoms with Gasteiger partial charge in [0, 0.05) is 61.1 Å². The lowest BCUT2D eigenvalue weighted by Crippen LogP contribution is -2.39. The second-order valence-corrected chi connectivity index (χ2v) is 27.4. The summed E-state index contributed by atoms with van der Waals surface area (Å²) in [7, 11) is 0. The van der Waals surface area contributed by atoms with Crippen LogP contribution in [0.25, 0.3) is 55.5 Å². The number of aromatic nitrogens is 4. The Morgan fingerprint density at radius 2 is 0.875 bits per heavy atom. The molecule has 0 saturated heterocycles. The fraction of sp³-hybridized carbons (Fsp3) is 0.452. The van der Waals surface area contributed by atoms with Crippen molar-refractivity contribution < 1.29 is 47.3 Å². The lowest BCUT2D eigenvalue weighted by Gasteiger charge is -2.28. The zero-order valence-electron chi connectivity index (χ0n) is 55.0. The van der Waals surface area contributed by atoms with Crippen molar-refractivity contribution >= 4 is 85.4 Å². The summed E-state index contributed by atoms with van der Waals surface area (Å²) in [5, 5.41) is 2.96. The Kier molecular flexibility index (Phi) is 20.5. The van der Waals surface area contributed by atoms with Crippen LogP contribution in [0.4, 0.5) is 31.4 Å². The standard InChI is InChI=1S/C73H92N7O8/c1-48-41-57-62(44-52(48)45-65(81)85-70(5,6)7)79(53-33-27-25-28-34-53)64-47-61(50(3)43-59(64)75-57)78(69(84)88-73(14,15)16)40-32-24-22-20-18-17-19-21-23-31-39-77(68(83)87-72(11,12)13)60-38-37-55-66(51(60)4)80(54-35-29-26-30-36-54)63-46-56(49(2)42-58(63)74-55)76-67(82)86-71(8,9)10/h25-30,33-38,41-44,46-47H,17-24,31-32,39-40,45H2,1-16H3/q+1/p+1. The van der Waals surface area contributed by atoms with E-state index in [-0.39, 0.29) is 12.4 Å². The van der Waals surface area contributed by atoms with Crippen molar-refractivity contribution in [3.05, 3.63) is 137 Å². The molecule has 0 spiro atoms. The number of anilines is 3. The van der Waals surface area contributed by atoms with E-state index in [4.69, 9.17) is 28.9 Å². The molecule has 0 radical (unpaired) electrons. The van der Waals surface area contributed by atoms with Gasteiger partial charge in [0.25, 0.3) is 0 Å². The number of amides is 3. The van der Waals surface area contributed by atoms with Gasteiger partial charge in [-0.05, 0) is 176 Å². The molecule has 15 heteroatoms. The normalized spacial score (nSPS) is 12.2. The number of ether oxygens (including phenoxy) is 4. The van der Waals surface area contributed by atoms with Crippen LogP contribution in [0.1, 0.15) is 175 Å². The van der Waals surface area contributed by atoms with E-state index in [1.165, 1.54) is 0 Å². The minimum atomic E-state index is -0.704. The molecule has 0 fully saturated rings. The first-order chi connectivity index (χ1) is 41.4. The van der Waals surface area contributed by atoms with Gasteiger partial charge in [0.15, 0.2) is 0 Å². The second-order valence-electron chi connectivity index (χ2n) is 27.4. The van der Waals surface area contributed by atoms with E-state index in [1.54, 1.807) is 9.80 Å². The van der Waals surface area contributed by atoms with Gasteiger partial charge in [0.05, 0.1) is 23.5 Å². The van der Waals surface area contributed by atoms with Crippen molar-refractivity contribution in [3.8, 4) is 11.4 Å². The molecule has 3 amide bonds. The lowest BCUT2D eigenvalue weighted by molar-refractivity contribution is -0.538. The van der Waals surface area contributed by atoms with Crippen LogP contribution in [0.3, 0.4) is 0 Å². The van der Waals surface area contributed by atoms with Crippen molar-refractivity contribution in [1.29, 1.82) is 0 Å². The summed E-state index contributed by atoms with van der Waals surface area (Å²) in [6.07, 6.45) is 8.80. The van der Waals surface area contributed by atoms with Gasteiger partial charge in [-0.25, -0.2) is 24.4 Å². The number of hydrogen-bond acceptors (Lipinski definition) is 10. The van der Waals surface area contributed by atoms with E-state index in [0.29, 0.717) is 18.8 Å². The third-order valence-corrected chi connectivity index (χ3v) is 15.1. The van der Waals surface area contributed by atoms with Crippen LogP contribution in [0, 0.1) is 27.7 Å². The summed E-state index contributed by atoms with van der Waals surface area (Å²) in [6.45, 7) is 31.5. The number of hydrogen-bond donors (Lipinski definition) is 1. The molecular formula is C73H93N7O8+2. The molecule has 466 valence electrons. The maximum atomic E-state index is 14.2. The predicted octanol–water partition coefficient (Wildman–Crippen LogP) is 17.2. The first-order valence-electron chi connectivity index (χ1n) is 31.4. The number of aryl methyl sites for hydroxylation is 4. The molecule has 8 rings (SSSR count). The Bertz CT molecular complexity index is 3770. The summed E-state index contributed by atoms with van der Waals surface area (Å²) in [5.74, 6) is -0.292. The summed E-state index contributed by atoms with van der Waals surface area (Å²) in [5.41, 5.74) is 12.1. The van der Waals surface area contributed by atoms with E-state index in [1.807, 2.05) is 196 Å². The number of nitrogens with zero attached hydrogens (tertiary/aromatic N) is 6. The minimum absolute atomic E-state index is 0.126. The molecule has 0 aliphatic carbocycles. The van der Waals surface area contributed by atoms with E-state index in [2.05, 4.69) is 38.7 Å². The topological polar surface area (TPSA) is 157 Å². The summed E-state index contributed by atoms with van der Waals surface area (Å²) >= 11 is 0. The molecule has 0 bridgehead atoms. The van der Waals surface area contributed by atoms with Crippen molar-refractivity contribution in [3.63, 3.8) is 0 Å². The SMILES string of the molecule is Cc1cc2nc3cc(C)c(N(CCCCCCCCCCCCN(C(=O)OC(C)(C)C)c4ccc5nc6cc(C)c(NC(=O)OC(C)(C)C)cc6[n+](-c6ccccc6)c5c4C)C(=O)OC(C)(C)C)cc3[n+](-c3ccccc3)c2cc1CC(=O)OC(C)(C)C. The number of rotatable bonds is 20. The quantitative estimate of drug-likeness (QED) is 0.0256. The van der Waals surface area contributed by atoms with Crippen LogP contribution >= 0.6 is 0 Å². The largest absolute Gasteiger partial charge is 0.460 e. The predicted molar refractivity (Wildman–Crippen MR) is 353 cm³/mol. The van der Waals surface area contributed by atoms with Crippen LogP contribution < -0.4 is 24.3 Å². The summed E-state index contributed by atoms with van der Waals surface area (Å²) in [4.78, 5) is 68.5. The third-order valence-electron chi connectivity index (χ3n) is 15.1. The number of benzene rings is 6. The zero-order valence-corrected chi connectivity index (χ0v) is 55.0. The molecule has 0 atom stereocenters. The van der Waals surface area contributed by atoms with Gasteiger partial charge in [-0.15, -0.1) is 9.13 Å². The van der Waals surface area contributed by atoms with E-state index < -0.39 is 40.7 Å². The molecule has 0 saturated carbocycles. The first kappa shape index (κ1) is 65.8. The molecule has 0 unspecified atom stereocenters. The maximum absolute atomic E-state index is 14.2. The molecule has 15 nitrogen and oxygen atoms in total. The average molecular weight is 1200 g/mol. The molecule has 88 heavy (non-hydrogen) atoms. The molecular weight excluding hydrogens is 1100 g/mol. The lowest BCUT2D eigenvalue weighted by atomic mass is 10.0. The second kappa shape index (κ2) is 27.5. The Hall–Kier alpha value is -8.20. The number of nitrogens with one attached hydrogen (secondary N) is 1. The number of fused-ring (bicyclic) bond motifs is 4. The maximum Gasteiger partial charge on any atom is 0.414 e. The molecule has 0 aliphatic rings. The van der Waals surface area contributed by atoms with Gasteiger partial charge in [-0.2, -0.15) is 0 Å². The molecule has 6 aromatic carbocycles. The van der Waals surface area contributed by atoms with Gasteiger partial charge < -0.3 is 18.9 Å². The molecule has 8 aromatic rings. The number of para-hydroxylation sites is 2. The summed E-state index contributed by atoms with van der Waals surface area (Å²) < 4.78 is 27.8.